The van der Waals surface area contributed by atoms with Gasteiger partial charge in [-0.25, -0.2) is 0 Å². The molecule has 0 aliphatic rings. The summed E-state index contributed by atoms with van der Waals surface area (Å²) in [6.45, 7) is 2.80. The Morgan fingerprint density at radius 2 is 1.88 bits per heavy atom. The van der Waals surface area contributed by atoms with Gasteiger partial charge < -0.3 is 19.9 Å². The number of aliphatic hydroxyl groups is 1. The van der Waals surface area contributed by atoms with E-state index in [0.717, 1.165) is 12.2 Å². The SMILES string of the molecule is COc1cccc(CC(C)NCC(O)COc2ccc(Cl)cc2)c1. The molecule has 4 nitrogen and oxygen atoms in total. The first-order valence-electron chi connectivity index (χ1n) is 7.99. The van der Waals surface area contributed by atoms with Gasteiger partial charge in [-0.2, -0.15) is 0 Å². The van der Waals surface area contributed by atoms with E-state index in [2.05, 4.69) is 18.3 Å². The van der Waals surface area contributed by atoms with Crippen LogP contribution in [-0.2, 0) is 6.42 Å². The normalized spacial score (nSPS) is 13.3. The van der Waals surface area contributed by atoms with Crippen LogP contribution in [0.2, 0.25) is 5.02 Å². The summed E-state index contributed by atoms with van der Waals surface area (Å²) < 4.78 is 10.8. The average molecular weight is 350 g/mol. The number of rotatable bonds is 9. The first kappa shape index (κ1) is 18.6. The highest BCUT2D eigenvalue weighted by molar-refractivity contribution is 6.30. The standard InChI is InChI=1S/C19H24ClNO3/c1-14(10-15-4-3-5-19(11-15)23-2)21-12-17(22)13-24-18-8-6-16(20)7-9-18/h3-9,11,14,17,21-22H,10,12-13H2,1-2H3. The van der Waals surface area contributed by atoms with Crippen LogP contribution in [0.25, 0.3) is 0 Å². The zero-order valence-electron chi connectivity index (χ0n) is 14.0. The monoisotopic (exact) mass is 349 g/mol. The molecule has 2 N–H and O–H groups in total. The molecule has 0 aromatic heterocycles. The molecule has 0 heterocycles. The van der Waals surface area contributed by atoms with Crippen molar-refractivity contribution in [2.75, 3.05) is 20.3 Å². The smallest absolute Gasteiger partial charge is 0.119 e. The van der Waals surface area contributed by atoms with Gasteiger partial charge in [-0.05, 0) is 55.3 Å². The van der Waals surface area contributed by atoms with Crippen molar-refractivity contribution in [2.45, 2.75) is 25.5 Å². The van der Waals surface area contributed by atoms with Crippen molar-refractivity contribution in [2.24, 2.45) is 0 Å². The van der Waals surface area contributed by atoms with Gasteiger partial charge in [0, 0.05) is 17.6 Å². The van der Waals surface area contributed by atoms with Crippen molar-refractivity contribution in [1.29, 1.82) is 0 Å². The highest BCUT2D eigenvalue weighted by atomic mass is 35.5. The maximum atomic E-state index is 10.0. The Hall–Kier alpha value is -1.75. The summed E-state index contributed by atoms with van der Waals surface area (Å²) in [5.74, 6) is 1.55. The lowest BCUT2D eigenvalue weighted by molar-refractivity contribution is 0.104. The quantitative estimate of drug-likeness (QED) is 0.729. The third kappa shape index (κ3) is 6.40. The maximum absolute atomic E-state index is 10.0. The van der Waals surface area contributed by atoms with Crippen molar-refractivity contribution >= 4 is 11.6 Å². The number of halogens is 1. The topological polar surface area (TPSA) is 50.7 Å². The fourth-order valence-corrected chi connectivity index (χ4v) is 2.47. The molecule has 0 saturated carbocycles. The summed E-state index contributed by atoms with van der Waals surface area (Å²) in [7, 11) is 1.66. The number of benzene rings is 2. The van der Waals surface area contributed by atoms with Gasteiger partial charge in [0.2, 0.25) is 0 Å². The largest absolute Gasteiger partial charge is 0.497 e. The average Bonchev–Trinajstić information content (AvgIpc) is 2.59. The molecule has 2 unspecified atom stereocenters. The molecule has 5 heteroatoms. The molecule has 24 heavy (non-hydrogen) atoms. The van der Waals surface area contributed by atoms with Crippen molar-refractivity contribution in [3.8, 4) is 11.5 Å². The minimum absolute atomic E-state index is 0.237. The lowest BCUT2D eigenvalue weighted by Crippen LogP contribution is -2.37. The summed E-state index contributed by atoms with van der Waals surface area (Å²) >= 11 is 5.82. The lowest BCUT2D eigenvalue weighted by atomic mass is 10.1. The van der Waals surface area contributed by atoms with Crippen LogP contribution >= 0.6 is 11.6 Å². The summed E-state index contributed by atoms with van der Waals surface area (Å²) in [5, 5.41) is 14.0. The predicted octanol–water partition coefficient (Wildman–Crippen LogP) is 3.31. The second kappa shape index (κ2) is 9.52. The number of aliphatic hydroxyl groups excluding tert-OH is 1. The Morgan fingerprint density at radius 3 is 2.58 bits per heavy atom. The predicted molar refractivity (Wildman–Crippen MR) is 97.1 cm³/mol. The van der Waals surface area contributed by atoms with E-state index in [1.165, 1.54) is 5.56 Å². The van der Waals surface area contributed by atoms with Gasteiger partial charge >= 0.3 is 0 Å². The number of methoxy groups -OCH3 is 1. The van der Waals surface area contributed by atoms with Crippen molar-refractivity contribution in [1.82, 2.24) is 5.32 Å². The molecule has 0 bridgehead atoms. The summed E-state index contributed by atoms with van der Waals surface area (Å²) in [4.78, 5) is 0. The second-order valence-corrected chi connectivity index (χ2v) is 6.22. The van der Waals surface area contributed by atoms with E-state index in [-0.39, 0.29) is 12.6 Å². The molecule has 2 rings (SSSR count). The molecule has 130 valence electrons. The van der Waals surface area contributed by atoms with Gasteiger partial charge in [0.1, 0.15) is 24.2 Å². The highest BCUT2D eigenvalue weighted by Crippen LogP contribution is 2.16. The number of nitrogens with one attached hydrogen (secondary N) is 1. The fraction of sp³-hybridized carbons (Fsp3) is 0.368. The van der Waals surface area contributed by atoms with Gasteiger partial charge in [-0.15, -0.1) is 0 Å². The van der Waals surface area contributed by atoms with Crippen LogP contribution in [0.4, 0.5) is 0 Å². The summed E-state index contributed by atoms with van der Waals surface area (Å²) in [6.07, 6.45) is 0.288. The van der Waals surface area contributed by atoms with Gasteiger partial charge in [0.25, 0.3) is 0 Å². The van der Waals surface area contributed by atoms with Gasteiger partial charge in [-0.1, -0.05) is 23.7 Å². The Balaban J connectivity index is 1.70. The van der Waals surface area contributed by atoms with Crippen LogP contribution in [0.5, 0.6) is 11.5 Å². The zero-order valence-corrected chi connectivity index (χ0v) is 14.8. The van der Waals surface area contributed by atoms with E-state index >= 15 is 0 Å². The number of hydrogen-bond acceptors (Lipinski definition) is 4. The van der Waals surface area contributed by atoms with E-state index in [9.17, 15) is 5.11 Å². The van der Waals surface area contributed by atoms with E-state index in [1.807, 2.05) is 18.2 Å². The summed E-state index contributed by atoms with van der Waals surface area (Å²) in [6, 6.07) is 15.3. The van der Waals surface area contributed by atoms with Crippen LogP contribution in [0, 0.1) is 0 Å². The maximum Gasteiger partial charge on any atom is 0.119 e. The van der Waals surface area contributed by atoms with Crippen molar-refractivity contribution in [3.05, 3.63) is 59.1 Å². The van der Waals surface area contributed by atoms with Crippen LogP contribution in [-0.4, -0.2) is 37.5 Å². The second-order valence-electron chi connectivity index (χ2n) is 5.78. The Morgan fingerprint density at radius 1 is 1.12 bits per heavy atom. The zero-order chi connectivity index (χ0) is 17.4. The first-order valence-corrected chi connectivity index (χ1v) is 8.37. The van der Waals surface area contributed by atoms with Gasteiger partial charge in [0.15, 0.2) is 0 Å². The molecule has 0 radical (unpaired) electrons. The van der Waals surface area contributed by atoms with E-state index < -0.39 is 6.10 Å². The Kier molecular flexibility index (Phi) is 7.37. The van der Waals surface area contributed by atoms with Gasteiger partial charge in [-0.3, -0.25) is 0 Å². The highest BCUT2D eigenvalue weighted by Gasteiger charge is 2.09. The minimum atomic E-state index is -0.576. The van der Waals surface area contributed by atoms with Crippen molar-refractivity contribution in [3.63, 3.8) is 0 Å². The minimum Gasteiger partial charge on any atom is -0.497 e. The number of ether oxygens (including phenoxy) is 2. The van der Waals surface area contributed by atoms with Crippen LogP contribution in [0.3, 0.4) is 0 Å². The lowest BCUT2D eigenvalue weighted by Gasteiger charge is -2.18. The first-order chi connectivity index (χ1) is 11.6. The molecule has 0 aliphatic carbocycles. The molecule has 0 spiro atoms. The molecule has 0 aliphatic heterocycles. The molecule has 2 atom stereocenters. The fourth-order valence-electron chi connectivity index (χ4n) is 2.34. The van der Waals surface area contributed by atoms with Crippen LogP contribution in [0.1, 0.15) is 12.5 Å². The molecule has 2 aromatic carbocycles. The third-order valence-corrected chi connectivity index (χ3v) is 3.89. The molecular weight excluding hydrogens is 326 g/mol. The van der Waals surface area contributed by atoms with Crippen molar-refractivity contribution < 1.29 is 14.6 Å². The van der Waals surface area contributed by atoms with Gasteiger partial charge in [0.05, 0.1) is 7.11 Å². The molecule has 0 fully saturated rings. The molecule has 0 amide bonds. The summed E-state index contributed by atoms with van der Waals surface area (Å²) in [5.41, 5.74) is 1.20. The number of hydrogen-bond donors (Lipinski definition) is 2. The van der Waals surface area contributed by atoms with Crippen LogP contribution < -0.4 is 14.8 Å². The third-order valence-electron chi connectivity index (χ3n) is 3.63. The van der Waals surface area contributed by atoms with Crippen LogP contribution in [0.15, 0.2) is 48.5 Å². The Labute approximate surface area is 148 Å². The molecule has 0 saturated heterocycles. The molecule has 2 aromatic rings. The van der Waals surface area contributed by atoms with E-state index in [4.69, 9.17) is 21.1 Å². The van der Waals surface area contributed by atoms with E-state index in [0.29, 0.717) is 17.3 Å². The molecular formula is C19H24ClNO3. The Bertz CT molecular complexity index is 618. The van der Waals surface area contributed by atoms with E-state index in [1.54, 1.807) is 31.4 Å².